The van der Waals surface area contributed by atoms with Crippen molar-refractivity contribution < 1.29 is 40.7 Å². The number of nitrogens with zero attached hydrogens (tertiary/aromatic N) is 4. The number of aromatic nitrogens is 2. The first kappa shape index (κ1) is 35.4. The van der Waals surface area contributed by atoms with Crippen molar-refractivity contribution in [3.8, 4) is 17.1 Å². The van der Waals surface area contributed by atoms with Crippen LogP contribution in [0.5, 0.6) is 5.88 Å². The monoisotopic (exact) mass is 715 g/mol. The number of alkyl halides is 3. The highest BCUT2D eigenvalue weighted by molar-refractivity contribution is 7.92. The average Bonchev–Trinajstić information content (AvgIpc) is 3.87. The Morgan fingerprint density at radius 1 is 1.06 bits per heavy atom. The minimum absolute atomic E-state index is 0.00614. The highest BCUT2D eigenvalue weighted by atomic mass is 32.2. The van der Waals surface area contributed by atoms with Gasteiger partial charge in [0, 0.05) is 36.3 Å². The van der Waals surface area contributed by atoms with Crippen LogP contribution >= 0.6 is 0 Å². The van der Waals surface area contributed by atoms with Gasteiger partial charge in [-0.05, 0) is 88.1 Å². The van der Waals surface area contributed by atoms with Crippen LogP contribution in [0.2, 0.25) is 0 Å². The zero-order valence-corrected chi connectivity index (χ0v) is 29.1. The van der Waals surface area contributed by atoms with Gasteiger partial charge in [-0.25, -0.2) is 22.9 Å². The number of fused-ring (bicyclic) bond motifs is 4. The maximum absolute atomic E-state index is 14.5. The molecule has 4 bridgehead atoms. The zero-order valence-electron chi connectivity index (χ0n) is 28.3. The normalized spacial score (nSPS) is 22.9. The second-order valence-corrected chi connectivity index (χ2v) is 15.2. The minimum atomic E-state index is -4.50. The lowest BCUT2D eigenvalue weighted by Crippen LogP contribution is -2.54. The quantitative estimate of drug-likeness (QED) is 0.317. The number of hydrogen-bond acceptors (Lipinski definition) is 8. The van der Waals surface area contributed by atoms with Gasteiger partial charge in [-0.2, -0.15) is 18.2 Å². The number of rotatable bonds is 5. The van der Waals surface area contributed by atoms with Crippen LogP contribution in [-0.2, 0) is 14.8 Å². The number of benzene rings is 2. The summed E-state index contributed by atoms with van der Waals surface area (Å²) in [6.07, 6.45) is -3.82. The Morgan fingerprint density at radius 2 is 1.72 bits per heavy atom. The molecule has 11 nitrogen and oxygen atoms in total. The number of carbonyl (C=O) groups is 2. The number of halogens is 3. The molecular weight excluding hydrogens is 675 g/mol. The first-order valence-electron chi connectivity index (χ1n) is 16.5. The second-order valence-electron chi connectivity index (χ2n) is 13.5. The van der Waals surface area contributed by atoms with Crippen molar-refractivity contribution in [3.05, 3.63) is 65.2 Å². The molecule has 15 heteroatoms. The van der Waals surface area contributed by atoms with Crippen molar-refractivity contribution in [1.29, 1.82) is 0 Å². The molecule has 2 amide bonds. The lowest BCUT2D eigenvalue weighted by atomic mass is 9.86. The molecule has 268 valence electrons. The van der Waals surface area contributed by atoms with Crippen LogP contribution in [0.4, 0.5) is 23.9 Å². The number of ether oxygens (including phenoxy) is 2. The van der Waals surface area contributed by atoms with E-state index in [-0.39, 0.29) is 47.8 Å². The van der Waals surface area contributed by atoms with E-state index in [1.807, 2.05) is 32.0 Å². The summed E-state index contributed by atoms with van der Waals surface area (Å²) < 4.78 is 84.4. The molecule has 2 fully saturated rings. The van der Waals surface area contributed by atoms with Gasteiger partial charge in [0.05, 0.1) is 29.2 Å². The van der Waals surface area contributed by atoms with Gasteiger partial charge in [-0.1, -0.05) is 24.3 Å². The topological polar surface area (TPSA) is 131 Å². The number of nitrogens with one attached hydrogen (secondary N) is 1. The van der Waals surface area contributed by atoms with E-state index in [4.69, 9.17) is 9.47 Å². The zero-order chi connectivity index (χ0) is 36.0. The van der Waals surface area contributed by atoms with Crippen LogP contribution in [0.25, 0.3) is 11.3 Å². The molecule has 3 aliphatic rings. The molecule has 6 rings (SSSR count). The summed E-state index contributed by atoms with van der Waals surface area (Å²) in [5.41, 5.74) is 0.826. The van der Waals surface area contributed by atoms with E-state index >= 15 is 0 Å². The summed E-state index contributed by atoms with van der Waals surface area (Å²) in [5, 5.41) is 0. The second kappa shape index (κ2) is 13.4. The van der Waals surface area contributed by atoms with Gasteiger partial charge < -0.3 is 19.3 Å². The molecule has 2 saturated carbocycles. The molecule has 1 atom stereocenters. The van der Waals surface area contributed by atoms with Crippen LogP contribution in [0.1, 0.15) is 66.4 Å². The van der Waals surface area contributed by atoms with Gasteiger partial charge in [-0.15, -0.1) is 0 Å². The molecule has 1 N–H and O–H groups in total. The lowest BCUT2D eigenvalue weighted by Gasteiger charge is -2.43. The van der Waals surface area contributed by atoms with Crippen LogP contribution < -0.4 is 9.46 Å². The SMILES string of the molecule is COC(=O)N(C)C1CCC(N2C(=O)c3cccc(c3)S(=O)(=O)Nc3nc(cc(-c4c(C)cccc4C)n3)OC[C@H]2CC2(C(F)(F)F)CC2)CC1. The number of carbonyl (C=O) groups excluding carboxylic acids is 2. The summed E-state index contributed by atoms with van der Waals surface area (Å²) in [7, 11) is -1.41. The lowest BCUT2D eigenvalue weighted by molar-refractivity contribution is -0.193. The molecule has 2 aromatic carbocycles. The van der Waals surface area contributed by atoms with E-state index in [0.717, 1.165) is 16.7 Å². The summed E-state index contributed by atoms with van der Waals surface area (Å²) in [5.74, 6) is -0.947. The number of aryl methyl sites for hydroxylation is 2. The number of hydrogen-bond donors (Lipinski definition) is 1. The molecule has 0 saturated heterocycles. The van der Waals surface area contributed by atoms with Gasteiger partial charge in [0.1, 0.15) is 6.61 Å². The Balaban J connectivity index is 1.46. The Kier molecular flexibility index (Phi) is 9.48. The molecule has 0 spiro atoms. The van der Waals surface area contributed by atoms with Gasteiger partial charge in [0.25, 0.3) is 15.9 Å². The maximum Gasteiger partial charge on any atom is 0.409 e. The van der Waals surface area contributed by atoms with Gasteiger partial charge >= 0.3 is 12.3 Å². The van der Waals surface area contributed by atoms with Gasteiger partial charge in [0.15, 0.2) is 0 Å². The standard InChI is InChI=1S/C35H40F3N5O6S/c1-21-7-5-8-22(2)30(21)28-18-29-40-32(39-28)41-50(46,47)27-10-6-9-23(17-27)31(44)43(25-13-11-24(12-14-25)42(3)33(45)48-4)26(20-49-29)19-34(15-16-34)35(36,37)38/h5-10,17-18,24-26H,11-16,19-20H2,1-4H3,(H,39,40,41)/t24?,25?,26-/m1/s1. The Bertz CT molecular complexity index is 1870. The van der Waals surface area contributed by atoms with Crippen LogP contribution in [0.3, 0.4) is 0 Å². The van der Waals surface area contributed by atoms with E-state index in [2.05, 4.69) is 14.7 Å². The molecule has 0 unspecified atom stereocenters. The fourth-order valence-corrected chi connectivity index (χ4v) is 8.28. The van der Waals surface area contributed by atoms with E-state index in [1.165, 1.54) is 47.2 Å². The van der Waals surface area contributed by atoms with Crippen LogP contribution in [-0.4, -0.2) is 85.3 Å². The largest absolute Gasteiger partial charge is 0.475 e. The highest BCUT2D eigenvalue weighted by Crippen LogP contribution is 2.61. The third kappa shape index (κ3) is 6.96. The van der Waals surface area contributed by atoms with Crippen molar-refractivity contribution in [1.82, 2.24) is 19.8 Å². The van der Waals surface area contributed by atoms with E-state index in [9.17, 15) is 31.2 Å². The molecule has 1 aromatic heterocycles. The van der Waals surface area contributed by atoms with Gasteiger partial charge in [0.2, 0.25) is 11.8 Å². The smallest absolute Gasteiger partial charge is 0.409 e. The number of anilines is 1. The first-order chi connectivity index (χ1) is 23.6. The number of sulfonamides is 1. The minimum Gasteiger partial charge on any atom is -0.475 e. The molecule has 50 heavy (non-hydrogen) atoms. The average molecular weight is 716 g/mol. The summed E-state index contributed by atoms with van der Waals surface area (Å²) in [4.78, 5) is 38.3. The molecule has 2 aliphatic carbocycles. The van der Waals surface area contributed by atoms with Crippen LogP contribution in [0.15, 0.2) is 53.4 Å². The summed E-state index contributed by atoms with van der Waals surface area (Å²) >= 11 is 0. The van der Waals surface area contributed by atoms with E-state index in [1.54, 1.807) is 7.05 Å². The predicted octanol–water partition coefficient (Wildman–Crippen LogP) is 6.51. The van der Waals surface area contributed by atoms with Crippen molar-refractivity contribution in [2.45, 2.75) is 88.0 Å². The van der Waals surface area contributed by atoms with E-state index < -0.39 is 52.1 Å². The first-order valence-corrected chi connectivity index (χ1v) is 18.0. The number of amides is 2. The molecule has 1 aliphatic heterocycles. The Morgan fingerprint density at radius 3 is 2.34 bits per heavy atom. The number of methoxy groups -OCH3 is 1. The van der Waals surface area contributed by atoms with Crippen molar-refractivity contribution >= 4 is 28.0 Å². The molecule has 2 heterocycles. The molecule has 3 aromatic rings. The predicted molar refractivity (Wildman–Crippen MR) is 178 cm³/mol. The maximum atomic E-state index is 14.5. The Hall–Kier alpha value is -4.40. The third-order valence-electron chi connectivity index (χ3n) is 10.3. The van der Waals surface area contributed by atoms with Gasteiger partial charge in [-0.3, -0.25) is 4.79 Å². The fourth-order valence-electron chi connectivity index (χ4n) is 7.29. The summed E-state index contributed by atoms with van der Waals surface area (Å²) in [6.45, 7) is 3.43. The van der Waals surface area contributed by atoms with Crippen molar-refractivity contribution in [2.24, 2.45) is 5.41 Å². The van der Waals surface area contributed by atoms with E-state index in [0.29, 0.717) is 31.4 Å². The van der Waals surface area contributed by atoms with Crippen molar-refractivity contribution in [3.63, 3.8) is 0 Å². The fraction of sp³-hybridized carbons (Fsp3) is 0.486. The van der Waals surface area contributed by atoms with Crippen LogP contribution in [0, 0.1) is 19.3 Å². The molecular formula is C35H40F3N5O6S. The van der Waals surface area contributed by atoms with Crippen molar-refractivity contribution in [2.75, 3.05) is 25.5 Å². The highest BCUT2D eigenvalue weighted by Gasteiger charge is 2.64. The molecule has 0 radical (unpaired) electrons. The summed E-state index contributed by atoms with van der Waals surface area (Å²) in [6, 6.07) is 10.8. The third-order valence-corrected chi connectivity index (χ3v) is 11.6. The Labute approximate surface area is 289 Å².